The molecule has 3 unspecified atom stereocenters. The third kappa shape index (κ3) is 6.29. The van der Waals surface area contributed by atoms with Crippen molar-refractivity contribution in [1.82, 2.24) is 0 Å². The summed E-state index contributed by atoms with van der Waals surface area (Å²) >= 11 is 0. The minimum absolute atomic E-state index is 0.936. The van der Waals surface area contributed by atoms with Crippen LogP contribution in [0.3, 0.4) is 0 Å². The highest BCUT2D eigenvalue weighted by atomic mass is 14.2. The first kappa shape index (κ1) is 14.8. The first-order valence-electron chi connectivity index (χ1n) is 7.77. The van der Waals surface area contributed by atoms with Crippen molar-refractivity contribution in [2.24, 2.45) is 17.8 Å². The fourth-order valence-electron chi connectivity index (χ4n) is 3.13. The molecule has 0 aromatic carbocycles. The molecule has 0 radical (unpaired) electrons. The molecule has 0 heterocycles. The third-order valence-corrected chi connectivity index (χ3v) is 4.42. The molecule has 0 amide bonds. The van der Waals surface area contributed by atoms with E-state index in [0.717, 1.165) is 17.8 Å². The van der Waals surface area contributed by atoms with E-state index < -0.39 is 0 Å². The fraction of sp³-hybridized carbons (Fsp3) is 0.882. The van der Waals surface area contributed by atoms with Crippen LogP contribution in [-0.2, 0) is 0 Å². The van der Waals surface area contributed by atoms with Gasteiger partial charge in [-0.25, -0.2) is 0 Å². The molecule has 0 saturated heterocycles. The van der Waals surface area contributed by atoms with Crippen LogP contribution in [0, 0.1) is 17.8 Å². The second-order valence-corrected chi connectivity index (χ2v) is 6.50. The van der Waals surface area contributed by atoms with Gasteiger partial charge in [-0.05, 0) is 50.4 Å². The summed E-state index contributed by atoms with van der Waals surface area (Å²) in [5, 5.41) is 0. The second kappa shape index (κ2) is 7.95. The Morgan fingerprint density at radius 2 is 1.88 bits per heavy atom. The van der Waals surface area contributed by atoms with Crippen LogP contribution in [0.15, 0.2) is 11.6 Å². The van der Waals surface area contributed by atoms with Crippen molar-refractivity contribution < 1.29 is 0 Å². The highest BCUT2D eigenvalue weighted by Crippen LogP contribution is 2.30. The van der Waals surface area contributed by atoms with Crippen molar-refractivity contribution in [2.75, 3.05) is 0 Å². The van der Waals surface area contributed by atoms with E-state index in [-0.39, 0.29) is 0 Å². The predicted octanol–water partition coefficient (Wildman–Crippen LogP) is 5.98. The van der Waals surface area contributed by atoms with Crippen molar-refractivity contribution in [1.29, 1.82) is 0 Å². The highest BCUT2D eigenvalue weighted by molar-refractivity contribution is 5.02. The van der Waals surface area contributed by atoms with Gasteiger partial charge in [0.15, 0.2) is 0 Å². The minimum atomic E-state index is 0.936. The number of allylic oxidation sites excluding steroid dienone is 2. The molecule has 0 aromatic rings. The van der Waals surface area contributed by atoms with Gasteiger partial charge in [0.05, 0.1) is 0 Å². The molecular weight excluding hydrogens is 204 g/mol. The van der Waals surface area contributed by atoms with E-state index in [1.165, 1.54) is 51.4 Å². The van der Waals surface area contributed by atoms with Crippen LogP contribution in [0.1, 0.15) is 79.1 Å². The molecule has 1 rings (SSSR count). The molecule has 0 N–H and O–H groups in total. The van der Waals surface area contributed by atoms with E-state index in [2.05, 4.69) is 33.8 Å². The normalized spacial score (nSPS) is 24.2. The van der Waals surface area contributed by atoms with Crippen LogP contribution >= 0.6 is 0 Å². The zero-order chi connectivity index (χ0) is 12.7. The number of hydrogen-bond donors (Lipinski definition) is 0. The summed E-state index contributed by atoms with van der Waals surface area (Å²) in [6.07, 6.45) is 13.7. The van der Waals surface area contributed by atoms with E-state index in [1.54, 1.807) is 5.57 Å². The molecule has 0 nitrogen and oxygen atoms in total. The Morgan fingerprint density at radius 1 is 1.18 bits per heavy atom. The molecule has 1 aliphatic carbocycles. The lowest BCUT2D eigenvalue weighted by Crippen LogP contribution is -2.10. The van der Waals surface area contributed by atoms with Gasteiger partial charge in [-0.15, -0.1) is 0 Å². The first-order chi connectivity index (χ1) is 8.11. The second-order valence-electron chi connectivity index (χ2n) is 6.50. The summed E-state index contributed by atoms with van der Waals surface area (Å²) in [6.45, 7) is 9.47. The van der Waals surface area contributed by atoms with Gasteiger partial charge in [0.1, 0.15) is 0 Å². The van der Waals surface area contributed by atoms with Gasteiger partial charge < -0.3 is 0 Å². The van der Waals surface area contributed by atoms with Crippen molar-refractivity contribution >= 4 is 0 Å². The minimum Gasteiger partial charge on any atom is -0.0853 e. The van der Waals surface area contributed by atoms with Crippen LogP contribution in [0.4, 0.5) is 0 Å². The Hall–Kier alpha value is -0.260. The van der Waals surface area contributed by atoms with Gasteiger partial charge in [-0.1, -0.05) is 58.1 Å². The standard InChI is InChI=1S/C17H32/c1-5-6-14(2)7-8-16(4)13-17-11-9-15(3)10-12-17/h9,14,16-17H,5-8,10-13H2,1-4H3. The molecular formula is C17H32. The summed E-state index contributed by atoms with van der Waals surface area (Å²) in [7, 11) is 0. The molecule has 0 bridgehead atoms. The Labute approximate surface area is 109 Å². The lowest BCUT2D eigenvalue weighted by Gasteiger charge is -2.24. The summed E-state index contributed by atoms with van der Waals surface area (Å²) in [5.74, 6) is 2.86. The molecule has 17 heavy (non-hydrogen) atoms. The Kier molecular flexibility index (Phi) is 6.92. The predicted molar refractivity (Wildman–Crippen MR) is 78.2 cm³/mol. The Bertz CT molecular complexity index is 226. The third-order valence-electron chi connectivity index (χ3n) is 4.42. The fourth-order valence-corrected chi connectivity index (χ4v) is 3.13. The van der Waals surface area contributed by atoms with E-state index >= 15 is 0 Å². The van der Waals surface area contributed by atoms with Gasteiger partial charge in [-0.2, -0.15) is 0 Å². The maximum absolute atomic E-state index is 2.47. The molecule has 100 valence electrons. The summed E-state index contributed by atoms with van der Waals surface area (Å²) in [5.41, 5.74) is 1.62. The van der Waals surface area contributed by atoms with Crippen molar-refractivity contribution in [3.63, 3.8) is 0 Å². The van der Waals surface area contributed by atoms with Crippen LogP contribution in [0.25, 0.3) is 0 Å². The van der Waals surface area contributed by atoms with Gasteiger partial charge >= 0.3 is 0 Å². The largest absolute Gasteiger partial charge is 0.0853 e. The summed E-state index contributed by atoms with van der Waals surface area (Å²) < 4.78 is 0. The molecule has 1 aliphatic rings. The summed E-state index contributed by atoms with van der Waals surface area (Å²) in [4.78, 5) is 0. The zero-order valence-electron chi connectivity index (χ0n) is 12.5. The first-order valence-corrected chi connectivity index (χ1v) is 7.77. The quantitative estimate of drug-likeness (QED) is 0.477. The van der Waals surface area contributed by atoms with Crippen LogP contribution in [0.2, 0.25) is 0 Å². The van der Waals surface area contributed by atoms with Crippen molar-refractivity contribution in [3.8, 4) is 0 Å². The van der Waals surface area contributed by atoms with E-state index in [9.17, 15) is 0 Å². The molecule has 0 aliphatic heterocycles. The average molecular weight is 236 g/mol. The maximum Gasteiger partial charge on any atom is -0.0319 e. The number of rotatable bonds is 7. The Morgan fingerprint density at radius 3 is 2.47 bits per heavy atom. The van der Waals surface area contributed by atoms with Crippen molar-refractivity contribution in [3.05, 3.63) is 11.6 Å². The van der Waals surface area contributed by atoms with Gasteiger partial charge in [-0.3, -0.25) is 0 Å². The Balaban J connectivity index is 2.14. The molecule has 0 fully saturated rings. The SMILES string of the molecule is CCCC(C)CCC(C)CC1CC=C(C)CC1. The molecule has 0 spiro atoms. The van der Waals surface area contributed by atoms with Gasteiger partial charge in [0.2, 0.25) is 0 Å². The number of hydrogen-bond acceptors (Lipinski definition) is 0. The lowest BCUT2D eigenvalue weighted by atomic mass is 9.82. The monoisotopic (exact) mass is 236 g/mol. The maximum atomic E-state index is 2.47. The van der Waals surface area contributed by atoms with E-state index in [4.69, 9.17) is 0 Å². The lowest BCUT2D eigenvalue weighted by molar-refractivity contribution is 0.323. The average Bonchev–Trinajstić information content (AvgIpc) is 2.30. The van der Waals surface area contributed by atoms with Gasteiger partial charge in [0, 0.05) is 0 Å². The van der Waals surface area contributed by atoms with E-state index in [0.29, 0.717) is 0 Å². The van der Waals surface area contributed by atoms with E-state index in [1.807, 2.05) is 0 Å². The van der Waals surface area contributed by atoms with Crippen LogP contribution in [-0.4, -0.2) is 0 Å². The van der Waals surface area contributed by atoms with Gasteiger partial charge in [0.25, 0.3) is 0 Å². The zero-order valence-corrected chi connectivity index (χ0v) is 12.5. The van der Waals surface area contributed by atoms with Crippen molar-refractivity contribution in [2.45, 2.75) is 79.1 Å². The molecule has 0 heteroatoms. The summed E-state index contributed by atoms with van der Waals surface area (Å²) in [6, 6.07) is 0. The smallest absolute Gasteiger partial charge is 0.0319 e. The van der Waals surface area contributed by atoms with Crippen LogP contribution in [0.5, 0.6) is 0 Å². The molecule has 0 saturated carbocycles. The topological polar surface area (TPSA) is 0 Å². The van der Waals surface area contributed by atoms with Crippen LogP contribution < -0.4 is 0 Å². The molecule has 0 aromatic heterocycles. The highest BCUT2D eigenvalue weighted by Gasteiger charge is 2.16. The molecule has 3 atom stereocenters.